The summed E-state index contributed by atoms with van der Waals surface area (Å²) >= 11 is 0. The highest BCUT2D eigenvalue weighted by Crippen LogP contribution is 2.44. The number of nitrogens with zero attached hydrogens (tertiary/aromatic N) is 2. The Kier molecular flexibility index (Phi) is 7.35. The Hall–Kier alpha value is -1.95. The number of hydrogen-bond donors (Lipinski definition) is 1. The second kappa shape index (κ2) is 8.78. The molecule has 1 aromatic heterocycles. The lowest BCUT2D eigenvalue weighted by Gasteiger charge is -2.14. The highest BCUT2D eigenvalue weighted by molar-refractivity contribution is 5.83. The molecule has 3 rings (SSSR count). The third kappa shape index (κ3) is 6.28. The van der Waals surface area contributed by atoms with Crippen LogP contribution in [0.4, 0.5) is 4.39 Å². The summed E-state index contributed by atoms with van der Waals surface area (Å²) in [7, 11) is 5.14. The topological polar surface area (TPSA) is 56.1 Å². The van der Waals surface area contributed by atoms with Crippen molar-refractivity contribution in [2.75, 3.05) is 14.2 Å². The Bertz CT molecular complexity index is 658. The maximum Gasteiger partial charge on any atom is 0.206 e. The van der Waals surface area contributed by atoms with Gasteiger partial charge < -0.3 is 10.1 Å². The lowest BCUT2D eigenvalue weighted by molar-refractivity contribution is -0.109. The zero-order chi connectivity index (χ0) is 18.3. The van der Waals surface area contributed by atoms with Gasteiger partial charge in [-0.3, -0.25) is 9.48 Å². The number of benzene rings is 1. The molecule has 1 aromatic carbocycles. The fourth-order valence-corrected chi connectivity index (χ4v) is 1.99. The molecule has 0 aliphatic heterocycles. The molecule has 0 unspecified atom stereocenters. The van der Waals surface area contributed by atoms with E-state index in [9.17, 15) is 4.39 Å². The molecular weight excluding hydrogens is 309 g/mol. The van der Waals surface area contributed by atoms with Gasteiger partial charge in [-0.25, -0.2) is 4.39 Å². The fraction of sp³-hybridized carbons (Fsp3) is 0.556. The average molecular weight is 337 g/mol. The number of aryl methyl sites for hydroxylation is 1. The van der Waals surface area contributed by atoms with E-state index in [2.05, 4.69) is 10.4 Å². The predicted molar refractivity (Wildman–Crippen MR) is 94.5 cm³/mol. The minimum Gasteiger partial charge on any atom is -0.379 e. The Labute approximate surface area is 143 Å². The summed E-state index contributed by atoms with van der Waals surface area (Å²) in [6.07, 6.45) is 4.77. The quantitative estimate of drug-likeness (QED) is 0.855. The normalized spacial score (nSPS) is 13.5. The molecule has 24 heavy (non-hydrogen) atoms. The Morgan fingerprint density at radius 2 is 1.92 bits per heavy atom. The van der Waals surface area contributed by atoms with Crippen LogP contribution in [0.2, 0.25) is 0 Å². The summed E-state index contributed by atoms with van der Waals surface area (Å²) in [4.78, 5) is 9.06. The number of nitrogens with one attached hydrogen (secondary N) is 1. The van der Waals surface area contributed by atoms with Crippen molar-refractivity contribution in [3.63, 3.8) is 0 Å². The third-order valence-electron chi connectivity index (χ3n) is 3.51. The number of ether oxygens (including phenoxy) is 1. The smallest absolute Gasteiger partial charge is 0.206 e. The Morgan fingerprint density at radius 1 is 1.38 bits per heavy atom. The van der Waals surface area contributed by atoms with Crippen LogP contribution in [0.15, 0.2) is 18.3 Å². The molecule has 1 amide bonds. The van der Waals surface area contributed by atoms with E-state index in [1.54, 1.807) is 24.9 Å². The van der Waals surface area contributed by atoms with Crippen molar-refractivity contribution < 1.29 is 13.9 Å². The molecule has 1 saturated carbocycles. The van der Waals surface area contributed by atoms with Gasteiger partial charge in [-0.05, 0) is 51.7 Å². The molecule has 0 spiro atoms. The maximum atomic E-state index is 13.6. The van der Waals surface area contributed by atoms with Crippen molar-refractivity contribution in [2.45, 2.75) is 45.1 Å². The van der Waals surface area contributed by atoms with Crippen LogP contribution < -0.4 is 5.32 Å². The van der Waals surface area contributed by atoms with E-state index >= 15 is 0 Å². The zero-order valence-electron chi connectivity index (χ0n) is 15.4. The van der Waals surface area contributed by atoms with E-state index in [1.165, 1.54) is 6.07 Å². The summed E-state index contributed by atoms with van der Waals surface area (Å²) in [5.74, 6) is 0.357. The first-order valence-corrected chi connectivity index (χ1v) is 8.01. The van der Waals surface area contributed by atoms with Crippen LogP contribution in [-0.4, -0.2) is 35.9 Å². The molecule has 1 heterocycles. The first kappa shape index (κ1) is 20.1. The molecule has 0 bridgehead atoms. The summed E-state index contributed by atoms with van der Waals surface area (Å²) in [6, 6.07) is 3.28. The standard InChI is InChI=1S/C11H11FN2.C5H12O.C2H5NO/c1-14-6-8-10(13-14)5-4-9(12)11(8)7-2-3-7;1-5(2,3)6-4;1-3-2-4/h4-7H,2-3H2,1H3;1-4H3;2H,1H3,(H,3,4). The van der Waals surface area contributed by atoms with Crippen LogP contribution >= 0.6 is 0 Å². The monoisotopic (exact) mass is 337 g/mol. The van der Waals surface area contributed by atoms with Crippen molar-refractivity contribution in [3.05, 3.63) is 29.7 Å². The van der Waals surface area contributed by atoms with Gasteiger partial charge >= 0.3 is 0 Å². The Morgan fingerprint density at radius 3 is 2.33 bits per heavy atom. The van der Waals surface area contributed by atoms with Crippen LogP contribution in [0, 0.1) is 5.82 Å². The molecule has 134 valence electrons. The van der Waals surface area contributed by atoms with Crippen molar-refractivity contribution in [3.8, 4) is 0 Å². The first-order chi connectivity index (χ1) is 11.2. The van der Waals surface area contributed by atoms with Gasteiger partial charge in [0.05, 0.1) is 11.1 Å². The summed E-state index contributed by atoms with van der Waals surface area (Å²) in [6.45, 7) is 6.06. The summed E-state index contributed by atoms with van der Waals surface area (Å²) in [5.41, 5.74) is 1.81. The van der Waals surface area contributed by atoms with Gasteiger partial charge in [-0.2, -0.15) is 5.10 Å². The van der Waals surface area contributed by atoms with Crippen molar-refractivity contribution in [1.82, 2.24) is 15.1 Å². The van der Waals surface area contributed by atoms with Gasteiger partial charge in [0.25, 0.3) is 0 Å². The number of methoxy groups -OCH3 is 1. The van der Waals surface area contributed by atoms with Gasteiger partial charge in [0.1, 0.15) is 5.82 Å². The van der Waals surface area contributed by atoms with Crippen molar-refractivity contribution in [2.24, 2.45) is 7.05 Å². The SMILES string of the molecule is CNC=O.COC(C)(C)C.Cn1cc2c(C3CC3)c(F)ccc2n1. The minimum atomic E-state index is -0.0759. The van der Waals surface area contributed by atoms with E-state index in [1.807, 2.05) is 34.0 Å². The molecule has 2 aromatic rings. The van der Waals surface area contributed by atoms with Gasteiger partial charge in [-0.15, -0.1) is 0 Å². The van der Waals surface area contributed by atoms with Crippen molar-refractivity contribution in [1.29, 1.82) is 0 Å². The van der Waals surface area contributed by atoms with Crippen LogP contribution in [0.3, 0.4) is 0 Å². The van der Waals surface area contributed by atoms with Crippen molar-refractivity contribution >= 4 is 17.3 Å². The van der Waals surface area contributed by atoms with Gasteiger partial charge in [0.2, 0.25) is 6.41 Å². The number of carbonyl (C=O) groups excluding carboxylic acids is 1. The number of rotatable bonds is 2. The van der Waals surface area contributed by atoms with E-state index in [0.29, 0.717) is 12.3 Å². The van der Waals surface area contributed by atoms with E-state index in [4.69, 9.17) is 9.53 Å². The van der Waals surface area contributed by atoms with E-state index < -0.39 is 0 Å². The van der Waals surface area contributed by atoms with Crippen LogP contribution in [0.5, 0.6) is 0 Å². The van der Waals surface area contributed by atoms with Gasteiger partial charge in [-0.1, -0.05) is 0 Å². The number of aromatic nitrogens is 2. The molecule has 6 heteroatoms. The largest absolute Gasteiger partial charge is 0.379 e. The molecule has 0 atom stereocenters. The number of carbonyl (C=O) groups is 1. The molecule has 0 saturated heterocycles. The van der Waals surface area contributed by atoms with E-state index in [0.717, 1.165) is 29.3 Å². The highest BCUT2D eigenvalue weighted by Gasteiger charge is 2.28. The van der Waals surface area contributed by atoms with Gasteiger partial charge in [0, 0.05) is 38.4 Å². The number of fused-ring (bicyclic) bond motifs is 1. The first-order valence-electron chi connectivity index (χ1n) is 8.01. The van der Waals surface area contributed by atoms with Crippen LogP contribution in [-0.2, 0) is 16.6 Å². The number of hydrogen-bond acceptors (Lipinski definition) is 3. The summed E-state index contributed by atoms with van der Waals surface area (Å²) < 4.78 is 20.3. The second-order valence-electron chi connectivity index (χ2n) is 6.69. The number of halogens is 1. The molecule has 1 fully saturated rings. The number of amides is 1. The maximum absolute atomic E-state index is 13.6. The zero-order valence-corrected chi connectivity index (χ0v) is 15.4. The van der Waals surface area contributed by atoms with Crippen LogP contribution in [0.25, 0.3) is 10.9 Å². The third-order valence-corrected chi connectivity index (χ3v) is 3.51. The van der Waals surface area contributed by atoms with E-state index in [-0.39, 0.29) is 11.4 Å². The molecule has 1 N–H and O–H groups in total. The molecule has 0 radical (unpaired) electrons. The lowest BCUT2D eigenvalue weighted by atomic mass is 10.1. The molecule has 1 aliphatic rings. The average Bonchev–Trinajstić information content (AvgIpc) is 3.28. The molecule has 1 aliphatic carbocycles. The minimum absolute atomic E-state index is 0.0417. The Balaban J connectivity index is 0.000000243. The van der Waals surface area contributed by atoms with Crippen LogP contribution in [0.1, 0.15) is 45.1 Å². The predicted octanol–water partition coefficient (Wildman–Crippen LogP) is 3.38. The highest BCUT2D eigenvalue weighted by atomic mass is 19.1. The molecule has 5 nitrogen and oxygen atoms in total. The summed E-state index contributed by atoms with van der Waals surface area (Å²) in [5, 5.41) is 7.51. The molecular formula is C18H28FN3O2. The second-order valence-corrected chi connectivity index (χ2v) is 6.69. The fourth-order valence-electron chi connectivity index (χ4n) is 1.99. The van der Waals surface area contributed by atoms with Gasteiger partial charge in [0.15, 0.2) is 0 Å². The lowest BCUT2D eigenvalue weighted by Crippen LogP contribution is -2.15.